The van der Waals surface area contributed by atoms with Crippen molar-refractivity contribution in [3.05, 3.63) is 0 Å². The third-order valence-electron chi connectivity index (χ3n) is 6.06. The summed E-state index contributed by atoms with van der Waals surface area (Å²) in [5, 5.41) is 9.62. The molecule has 3 atom stereocenters. The van der Waals surface area contributed by atoms with Gasteiger partial charge in [-0.15, -0.1) is 0 Å². The normalized spacial score (nSPS) is 13.7. The SMILES string of the molecule is CC(C)(C)OC(=O)CCC(NC(=O)CNC(=O)CCC(N)C(=O)NCC(=O)NC(CCC(=O)OC(C)(C)C)C(=O)OC(C)(C)C)C(=O)OC(C)(C)C. The van der Waals surface area contributed by atoms with Gasteiger partial charge in [0.2, 0.25) is 23.6 Å². The van der Waals surface area contributed by atoms with Gasteiger partial charge in [0.15, 0.2) is 0 Å². The summed E-state index contributed by atoms with van der Waals surface area (Å²) in [6.45, 7) is 19.0. The summed E-state index contributed by atoms with van der Waals surface area (Å²) in [6.07, 6.45) is -0.959. The minimum absolute atomic E-state index is 0.0980. The summed E-state index contributed by atoms with van der Waals surface area (Å²) in [6, 6.07) is -3.59. The summed E-state index contributed by atoms with van der Waals surface area (Å²) >= 11 is 0. The van der Waals surface area contributed by atoms with Crippen LogP contribution in [-0.4, -0.2) is 101 Å². The van der Waals surface area contributed by atoms with Gasteiger partial charge in [-0.2, -0.15) is 0 Å². The van der Waals surface area contributed by atoms with Crippen molar-refractivity contribution in [1.29, 1.82) is 0 Å². The number of nitrogens with two attached hydrogens (primary N) is 1. The highest BCUT2D eigenvalue weighted by molar-refractivity contribution is 5.91. The van der Waals surface area contributed by atoms with Crippen LogP contribution >= 0.6 is 0 Å². The molecule has 17 nitrogen and oxygen atoms in total. The predicted octanol–water partition coefficient (Wildman–Crippen LogP) is 1.22. The number of ether oxygens (including phenoxy) is 4. The number of amides is 4. The molecule has 0 aromatic carbocycles. The van der Waals surface area contributed by atoms with Gasteiger partial charge in [-0.05, 0) is 102 Å². The molecular weight excluding hydrogens is 682 g/mol. The predicted molar refractivity (Wildman–Crippen MR) is 189 cm³/mol. The van der Waals surface area contributed by atoms with Gasteiger partial charge in [-0.25, -0.2) is 9.59 Å². The topological polar surface area (TPSA) is 248 Å². The molecule has 0 rings (SSSR count). The first-order valence-corrected chi connectivity index (χ1v) is 17.2. The summed E-state index contributed by atoms with van der Waals surface area (Å²) in [4.78, 5) is 99.9. The zero-order valence-electron chi connectivity index (χ0n) is 32.9. The van der Waals surface area contributed by atoms with Gasteiger partial charge >= 0.3 is 23.9 Å². The molecule has 0 aliphatic rings. The number of carbonyl (C=O) groups excluding carboxylic acids is 8. The summed E-state index contributed by atoms with van der Waals surface area (Å²) in [5.74, 6) is -5.52. The number of hydrogen-bond donors (Lipinski definition) is 5. The molecule has 0 aliphatic carbocycles. The third-order valence-corrected chi connectivity index (χ3v) is 6.06. The van der Waals surface area contributed by atoms with Crippen molar-refractivity contribution in [3.63, 3.8) is 0 Å². The molecule has 0 bridgehead atoms. The maximum absolute atomic E-state index is 12.7. The molecular formula is C35H61N5O12. The summed E-state index contributed by atoms with van der Waals surface area (Å²) in [5.41, 5.74) is 2.69. The molecule has 3 unspecified atom stereocenters. The second kappa shape index (κ2) is 20.7. The molecule has 0 spiro atoms. The Morgan fingerprint density at radius 2 is 0.827 bits per heavy atom. The summed E-state index contributed by atoms with van der Waals surface area (Å²) in [7, 11) is 0. The van der Waals surface area contributed by atoms with E-state index in [0.717, 1.165) is 0 Å². The maximum Gasteiger partial charge on any atom is 0.329 e. The molecule has 4 amide bonds. The number of hydrogen-bond acceptors (Lipinski definition) is 13. The van der Waals surface area contributed by atoms with E-state index < -0.39 is 101 Å². The number of rotatable bonds is 18. The van der Waals surface area contributed by atoms with E-state index in [0.29, 0.717) is 0 Å². The second-order valence-electron chi connectivity index (χ2n) is 16.2. The molecule has 0 saturated heterocycles. The lowest BCUT2D eigenvalue weighted by atomic mass is 10.1. The van der Waals surface area contributed by atoms with Gasteiger partial charge in [0.1, 0.15) is 34.5 Å². The van der Waals surface area contributed by atoms with Crippen molar-refractivity contribution in [2.75, 3.05) is 13.1 Å². The molecule has 0 aromatic heterocycles. The molecule has 0 saturated carbocycles. The molecule has 0 heterocycles. The van der Waals surface area contributed by atoms with E-state index in [-0.39, 0.29) is 38.5 Å². The van der Waals surface area contributed by atoms with Crippen LogP contribution in [0.1, 0.15) is 122 Å². The molecule has 0 aliphatic heterocycles. The van der Waals surface area contributed by atoms with Crippen molar-refractivity contribution in [2.45, 2.75) is 162 Å². The first kappa shape index (κ1) is 47.7. The standard InChI is InChI=1S/C35H61N5O12/c1-32(2,3)49-27(44)17-14-22(30(47)51-34(7,8)9)39-25(42)19-37-24(41)16-13-21(36)29(46)38-20-26(43)40-23(31(48)52-35(10,11)12)15-18-28(45)50-33(4,5)6/h21-23H,13-20,36H2,1-12H3,(H,37,41)(H,38,46)(H,39,42)(H,40,43). The number of esters is 4. The first-order valence-electron chi connectivity index (χ1n) is 17.2. The Balaban J connectivity index is 4.99. The molecule has 298 valence electrons. The largest absolute Gasteiger partial charge is 0.460 e. The van der Waals surface area contributed by atoms with Crippen LogP contribution in [0.5, 0.6) is 0 Å². The average Bonchev–Trinajstić information content (AvgIpc) is 2.93. The molecule has 0 radical (unpaired) electrons. The summed E-state index contributed by atoms with van der Waals surface area (Å²) < 4.78 is 21.2. The highest BCUT2D eigenvalue weighted by atomic mass is 16.6. The van der Waals surface area contributed by atoms with E-state index in [1.165, 1.54) is 0 Å². The second-order valence-corrected chi connectivity index (χ2v) is 16.2. The van der Waals surface area contributed by atoms with E-state index >= 15 is 0 Å². The lowest BCUT2D eigenvalue weighted by Gasteiger charge is -2.25. The van der Waals surface area contributed by atoms with Crippen molar-refractivity contribution >= 4 is 47.5 Å². The maximum atomic E-state index is 12.7. The minimum Gasteiger partial charge on any atom is -0.460 e. The van der Waals surface area contributed by atoms with Gasteiger partial charge in [-0.3, -0.25) is 28.8 Å². The van der Waals surface area contributed by atoms with Crippen LogP contribution in [0.15, 0.2) is 0 Å². The van der Waals surface area contributed by atoms with Crippen LogP contribution < -0.4 is 27.0 Å². The zero-order valence-corrected chi connectivity index (χ0v) is 32.9. The van der Waals surface area contributed by atoms with Gasteiger partial charge in [0.05, 0.1) is 19.1 Å². The van der Waals surface area contributed by atoms with E-state index in [1.807, 2.05) is 0 Å². The smallest absolute Gasteiger partial charge is 0.329 e. The Hall–Kier alpha value is -4.28. The Labute approximate surface area is 306 Å². The van der Waals surface area contributed by atoms with E-state index in [9.17, 15) is 38.4 Å². The van der Waals surface area contributed by atoms with Crippen LogP contribution in [0.25, 0.3) is 0 Å². The molecule has 17 heteroatoms. The van der Waals surface area contributed by atoms with Crippen molar-refractivity contribution in [2.24, 2.45) is 5.73 Å². The lowest BCUT2D eigenvalue weighted by Crippen LogP contribution is -2.50. The van der Waals surface area contributed by atoms with Crippen molar-refractivity contribution < 1.29 is 57.3 Å². The fraction of sp³-hybridized carbons (Fsp3) is 0.771. The van der Waals surface area contributed by atoms with Crippen molar-refractivity contribution in [1.82, 2.24) is 21.3 Å². The van der Waals surface area contributed by atoms with Gasteiger partial charge in [0, 0.05) is 19.3 Å². The van der Waals surface area contributed by atoms with Crippen LogP contribution in [-0.2, 0) is 57.3 Å². The highest BCUT2D eigenvalue weighted by Crippen LogP contribution is 2.15. The fourth-order valence-corrected chi connectivity index (χ4v) is 4.03. The zero-order chi connectivity index (χ0) is 40.7. The van der Waals surface area contributed by atoms with Gasteiger partial charge in [-0.1, -0.05) is 0 Å². The Bertz CT molecular complexity index is 1270. The Morgan fingerprint density at radius 1 is 0.481 bits per heavy atom. The van der Waals surface area contributed by atoms with Crippen LogP contribution in [0, 0.1) is 0 Å². The number of carbonyl (C=O) groups is 8. The van der Waals surface area contributed by atoms with Gasteiger partial charge in [0.25, 0.3) is 0 Å². The van der Waals surface area contributed by atoms with Crippen LogP contribution in [0.3, 0.4) is 0 Å². The minimum atomic E-state index is -1.20. The Morgan fingerprint density at radius 3 is 1.17 bits per heavy atom. The van der Waals surface area contributed by atoms with E-state index in [4.69, 9.17) is 24.7 Å². The molecule has 0 fully saturated rings. The van der Waals surface area contributed by atoms with Crippen LogP contribution in [0.4, 0.5) is 0 Å². The monoisotopic (exact) mass is 743 g/mol. The van der Waals surface area contributed by atoms with Crippen molar-refractivity contribution in [3.8, 4) is 0 Å². The average molecular weight is 744 g/mol. The quantitative estimate of drug-likeness (QED) is 0.0980. The molecule has 0 aromatic rings. The molecule has 52 heavy (non-hydrogen) atoms. The number of nitrogens with one attached hydrogen (secondary N) is 4. The lowest BCUT2D eigenvalue weighted by molar-refractivity contribution is -0.161. The van der Waals surface area contributed by atoms with E-state index in [2.05, 4.69) is 21.3 Å². The van der Waals surface area contributed by atoms with E-state index in [1.54, 1.807) is 83.1 Å². The fourth-order valence-electron chi connectivity index (χ4n) is 4.03. The van der Waals surface area contributed by atoms with Gasteiger partial charge < -0.3 is 45.9 Å². The van der Waals surface area contributed by atoms with Crippen LogP contribution in [0.2, 0.25) is 0 Å². The third kappa shape index (κ3) is 24.8. The first-order chi connectivity index (χ1) is 23.5. The molecule has 6 N–H and O–H groups in total. The Kier molecular flexibility index (Phi) is 19.0. The highest BCUT2D eigenvalue weighted by Gasteiger charge is 2.30.